The molecule has 0 aliphatic rings. The first-order valence-electron chi connectivity index (χ1n) is 7.66. The Labute approximate surface area is 133 Å². The maximum Gasteiger partial charge on any atom is 0.237 e. The number of carbonyl (C=O) groups excluding carboxylic acids is 1. The molecule has 0 fully saturated rings. The molecule has 21 heavy (non-hydrogen) atoms. The highest BCUT2D eigenvalue weighted by atomic mass is 32.2. The van der Waals surface area contributed by atoms with E-state index in [4.69, 9.17) is 5.73 Å². The molecule has 1 aromatic carbocycles. The van der Waals surface area contributed by atoms with Crippen LogP contribution in [0.3, 0.4) is 0 Å². The van der Waals surface area contributed by atoms with Crippen molar-refractivity contribution in [1.29, 1.82) is 0 Å². The number of benzene rings is 1. The third-order valence-corrected chi connectivity index (χ3v) is 4.74. The van der Waals surface area contributed by atoms with Gasteiger partial charge in [0, 0.05) is 10.6 Å². The predicted octanol–water partition coefficient (Wildman–Crippen LogP) is 3.54. The predicted molar refractivity (Wildman–Crippen MR) is 91.8 cm³/mol. The van der Waals surface area contributed by atoms with Gasteiger partial charge in [-0.05, 0) is 49.9 Å². The van der Waals surface area contributed by atoms with E-state index in [2.05, 4.69) is 50.4 Å². The molecule has 0 aromatic heterocycles. The standard InChI is InChI=1S/C17H28N2OS/c1-5-11-19-17(4,16(18)20)10-12-21-15-8-6-14(7-9-15)13(2)3/h6-9,13,19H,5,10-12H2,1-4H3,(H2,18,20). The van der Waals surface area contributed by atoms with Gasteiger partial charge in [-0.1, -0.05) is 32.9 Å². The maximum atomic E-state index is 11.6. The summed E-state index contributed by atoms with van der Waals surface area (Å²) in [6.07, 6.45) is 1.73. The van der Waals surface area contributed by atoms with Gasteiger partial charge in [0.15, 0.2) is 0 Å². The van der Waals surface area contributed by atoms with Gasteiger partial charge in [0.25, 0.3) is 0 Å². The SMILES string of the molecule is CCCNC(C)(CCSc1ccc(C(C)C)cc1)C(N)=O. The molecule has 0 aliphatic carbocycles. The van der Waals surface area contributed by atoms with Gasteiger partial charge in [-0.15, -0.1) is 11.8 Å². The maximum absolute atomic E-state index is 11.6. The Kier molecular flexibility index (Phi) is 7.26. The Hall–Kier alpha value is -1.00. The van der Waals surface area contributed by atoms with Crippen LogP contribution in [0.4, 0.5) is 0 Å². The molecule has 3 nitrogen and oxygen atoms in total. The van der Waals surface area contributed by atoms with Gasteiger partial charge in [0.1, 0.15) is 0 Å². The molecule has 1 aromatic rings. The molecular formula is C17H28N2OS. The van der Waals surface area contributed by atoms with Crippen molar-refractivity contribution in [3.05, 3.63) is 29.8 Å². The molecule has 4 heteroatoms. The quantitative estimate of drug-likeness (QED) is 0.686. The monoisotopic (exact) mass is 308 g/mol. The largest absolute Gasteiger partial charge is 0.368 e. The number of nitrogens with one attached hydrogen (secondary N) is 1. The van der Waals surface area contributed by atoms with E-state index in [-0.39, 0.29) is 5.91 Å². The summed E-state index contributed by atoms with van der Waals surface area (Å²) in [5.74, 6) is 1.16. The molecular weight excluding hydrogens is 280 g/mol. The number of hydrogen-bond donors (Lipinski definition) is 2. The minimum atomic E-state index is -0.610. The molecule has 118 valence electrons. The second-order valence-corrected chi connectivity index (χ2v) is 7.11. The zero-order valence-corrected chi connectivity index (χ0v) is 14.4. The van der Waals surface area contributed by atoms with Gasteiger partial charge in [-0.25, -0.2) is 0 Å². The Balaban J connectivity index is 2.52. The minimum Gasteiger partial charge on any atom is -0.368 e. The zero-order chi connectivity index (χ0) is 15.9. The van der Waals surface area contributed by atoms with Crippen LogP contribution in [0, 0.1) is 0 Å². The van der Waals surface area contributed by atoms with Crippen LogP contribution in [-0.4, -0.2) is 23.7 Å². The van der Waals surface area contributed by atoms with Crippen molar-refractivity contribution in [3.8, 4) is 0 Å². The van der Waals surface area contributed by atoms with Crippen LogP contribution in [0.2, 0.25) is 0 Å². The van der Waals surface area contributed by atoms with Crippen LogP contribution >= 0.6 is 11.8 Å². The van der Waals surface area contributed by atoms with Gasteiger partial charge < -0.3 is 11.1 Å². The summed E-state index contributed by atoms with van der Waals surface area (Å²) in [4.78, 5) is 12.9. The van der Waals surface area contributed by atoms with Crippen LogP contribution in [0.1, 0.15) is 52.0 Å². The van der Waals surface area contributed by atoms with E-state index in [1.54, 1.807) is 11.8 Å². The summed E-state index contributed by atoms with van der Waals surface area (Å²) >= 11 is 1.77. The van der Waals surface area contributed by atoms with Crippen LogP contribution in [-0.2, 0) is 4.79 Å². The Bertz CT molecular complexity index is 445. The second-order valence-electron chi connectivity index (χ2n) is 5.95. The average molecular weight is 308 g/mol. The Morgan fingerprint density at radius 2 is 1.95 bits per heavy atom. The fourth-order valence-electron chi connectivity index (χ4n) is 2.02. The van der Waals surface area contributed by atoms with Gasteiger partial charge in [-0.3, -0.25) is 4.79 Å². The highest BCUT2D eigenvalue weighted by Gasteiger charge is 2.29. The smallest absolute Gasteiger partial charge is 0.237 e. The van der Waals surface area contributed by atoms with Crippen molar-refractivity contribution >= 4 is 17.7 Å². The lowest BCUT2D eigenvalue weighted by molar-refractivity contribution is -0.123. The first-order valence-corrected chi connectivity index (χ1v) is 8.65. The number of hydrogen-bond acceptors (Lipinski definition) is 3. The molecule has 0 heterocycles. The molecule has 0 spiro atoms. The number of rotatable bonds is 9. The molecule has 1 unspecified atom stereocenters. The van der Waals surface area contributed by atoms with E-state index in [1.165, 1.54) is 10.5 Å². The third kappa shape index (κ3) is 5.71. The summed E-state index contributed by atoms with van der Waals surface area (Å²) in [7, 11) is 0. The van der Waals surface area contributed by atoms with Gasteiger partial charge >= 0.3 is 0 Å². The van der Waals surface area contributed by atoms with Crippen LogP contribution in [0.5, 0.6) is 0 Å². The lowest BCUT2D eigenvalue weighted by atomic mass is 9.98. The van der Waals surface area contributed by atoms with Crippen molar-refractivity contribution in [1.82, 2.24) is 5.32 Å². The molecule has 3 N–H and O–H groups in total. The molecule has 0 aliphatic heterocycles. The molecule has 0 saturated carbocycles. The van der Waals surface area contributed by atoms with Gasteiger partial charge in [-0.2, -0.15) is 0 Å². The fourth-order valence-corrected chi connectivity index (χ4v) is 3.10. The zero-order valence-electron chi connectivity index (χ0n) is 13.6. The van der Waals surface area contributed by atoms with Gasteiger partial charge in [0.05, 0.1) is 5.54 Å². The minimum absolute atomic E-state index is 0.272. The number of carbonyl (C=O) groups is 1. The first-order chi connectivity index (χ1) is 9.89. The van der Waals surface area contributed by atoms with E-state index in [9.17, 15) is 4.79 Å². The lowest BCUT2D eigenvalue weighted by Crippen LogP contribution is -2.53. The second kappa shape index (κ2) is 8.44. The number of thioether (sulfide) groups is 1. The van der Waals surface area contributed by atoms with E-state index >= 15 is 0 Å². The average Bonchev–Trinajstić information content (AvgIpc) is 2.45. The molecule has 1 atom stereocenters. The first kappa shape index (κ1) is 18.1. The molecule has 0 bridgehead atoms. The van der Waals surface area contributed by atoms with E-state index in [0.29, 0.717) is 5.92 Å². The van der Waals surface area contributed by atoms with Crippen LogP contribution in [0.25, 0.3) is 0 Å². The van der Waals surface area contributed by atoms with Crippen molar-refractivity contribution in [2.75, 3.05) is 12.3 Å². The van der Waals surface area contributed by atoms with Crippen molar-refractivity contribution in [2.24, 2.45) is 5.73 Å². The van der Waals surface area contributed by atoms with Crippen molar-refractivity contribution in [3.63, 3.8) is 0 Å². The summed E-state index contributed by atoms with van der Waals surface area (Å²) < 4.78 is 0. The summed E-state index contributed by atoms with van der Waals surface area (Å²) in [6.45, 7) is 9.18. The van der Waals surface area contributed by atoms with E-state index in [1.807, 2.05) is 6.92 Å². The van der Waals surface area contributed by atoms with E-state index in [0.717, 1.165) is 25.1 Å². The summed E-state index contributed by atoms with van der Waals surface area (Å²) in [5, 5.41) is 3.27. The van der Waals surface area contributed by atoms with Gasteiger partial charge in [0.2, 0.25) is 5.91 Å². The van der Waals surface area contributed by atoms with Crippen molar-refractivity contribution < 1.29 is 4.79 Å². The van der Waals surface area contributed by atoms with Crippen molar-refractivity contribution in [2.45, 2.75) is 56.9 Å². The van der Waals surface area contributed by atoms with E-state index < -0.39 is 5.54 Å². The number of nitrogens with two attached hydrogens (primary N) is 1. The Morgan fingerprint density at radius 1 is 1.33 bits per heavy atom. The lowest BCUT2D eigenvalue weighted by Gasteiger charge is -2.27. The molecule has 1 rings (SSSR count). The highest BCUT2D eigenvalue weighted by molar-refractivity contribution is 7.99. The Morgan fingerprint density at radius 3 is 2.43 bits per heavy atom. The fraction of sp³-hybridized carbons (Fsp3) is 0.588. The summed E-state index contributed by atoms with van der Waals surface area (Å²) in [5.41, 5.74) is 6.28. The van der Waals surface area contributed by atoms with Crippen LogP contribution in [0.15, 0.2) is 29.2 Å². The third-order valence-electron chi connectivity index (χ3n) is 3.73. The molecule has 1 amide bonds. The van der Waals surface area contributed by atoms with Crippen LogP contribution < -0.4 is 11.1 Å². The molecule has 0 radical (unpaired) electrons. The number of amides is 1. The highest BCUT2D eigenvalue weighted by Crippen LogP contribution is 2.24. The molecule has 0 saturated heterocycles. The summed E-state index contributed by atoms with van der Waals surface area (Å²) in [6, 6.07) is 8.66. The number of primary amides is 1. The topological polar surface area (TPSA) is 55.1 Å². The normalized spacial score (nSPS) is 14.1.